The van der Waals surface area contributed by atoms with E-state index in [1.165, 1.54) is 0 Å². The van der Waals surface area contributed by atoms with Crippen LogP contribution < -0.4 is 5.32 Å². The molecule has 0 aliphatic heterocycles. The van der Waals surface area contributed by atoms with Crippen molar-refractivity contribution < 1.29 is 14.7 Å². The second-order valence-electron chi connectivity index (χ2n) is 5.51. The summed E-state index contributed by atoms with van der Waals surface area (Å²) in [7, 11) is 0. The van der Waals surface area contributed by atoms with Gasteiger partial charge >= 0.3 is 5.97 Å². The lowest BCUT2D eigenvalue weighted by Gasteiger charge is -2.19. The van der Waals surface area contributed by atoms with Gasteiger partial charge in [0.2, 0.25) is 5.91 Å². The second-order valence-corrected chi connectivity index (χ2v) is 5.51. The van der Waals surface area contributed by atoms with Crippen molar-refractivity contribution in [3.8, 4) is 0 Å². The molecule has 0 rings (SSSR count). The molecule has 0 aromatic rings. The summed E-state index contributed by atoms with van der Waals surface area (Å²) in [6, 6.07) is -0.762. The molecule has 1 amide bonds. The quantitative estimate of drug-likeness (QED) is 0.721. The Kier molecular flexibility index (Phi) is 6.85. The van der Waals surface area contributed by atoms with Gasteiger partial charge in [-0.15, -0.1) is 0 Å². The molecule has 0 radical (unpaired) electrons. The number of rotatable bonds is 7. The third-order valence-electron chi connectivity index (χ3n) is 2.99. The van der Waals surface area contributed by atoms with E-state index in [2.05, 4.69) is 19.2 Å². The van der Waals surface area contributed by atoms with Crippen LogP contribution in [0.25, 0.3) is 0 Å². The highest BCUT2D eigenvalue weighted by atomic mass is 16.4. The molecule has 2 atom stereocenters. The van der Waals surface area contributed by atoms with Gasteiger partial charge in [0.1, 0.15) is 6.04 Å². The highest BCUT2D eigenvalue weighted by molar-refractivity contribution is 5.83. The zero-order valence-electron chi connectivity index (χ0n) is 11.5. The molecular weight excluding hydrogens is 218 g/mol. The first-order valence-electron chi connectivity index (χ1n) is 6.26. The fourth-order valence-corrected chi connectivity index (χ4v) is 1.47. The molecule has 0 aliphatic rings. The van der Waals surface area contributed by atoms with Gasteiger partial charge in [-0.3, -0.25) is 4.79 Å². The number of carboxylic acids is 1. The highest BCUT2D eigenvalue weighted by Crippen LogP contribution is 2.14. The summed E-state index contributed by atoms with van der Waals surface area (Å²) in [6.07, 6.45) is 0.858. The molecule has 0 aliphatic carbocycles. The van der Waals surface area contributed by atoms with Crippen molar-refractivity contribution in [3.63, 3.8) is 0 Å². The Bertz CT molecular complexity index is 261. The van der Waals surface area contributed by atoms with E-state index in [1.54, 1.807) is 0 Å². The standard InChI is InChI=1S/C13H25NO3/c1-8(2)6-11(13(16)17)14-12(15)7-10(5)9(3)4/h8-11H,6-7H2,1-5H3,(H,14,15)(H,16,17). The van der Waals surface area contributed by atoms with Crippen LogP contribution in [0.1, 0.15) is 47.5 Å². The van der Waals surface area contributed by atoms with E-state index in [9.17, 15) is 9.59 Å². The van der Waals surface area contributed by atoms with E-state index in [0.717, 1.165) is 0 Å². The number of carbonyl (C=O) groups excluding carboxylic acids is 1. The van der Waals surface area contributed by atoms with Crippen molar-refractivity contribution in [1.82, 2.24) is 5.32 Å². The maximum Gasteiger partial charge on any atom is 0.326 e. The molecule has 2 N–H and O–H groups in total. The van der Waals surface area contributed by atoms with Crippen LogP contribution in [-0.4, -0.2) is 23.0 Å². The minimum absolute atomic E-state index is 0.167. The maximum atomic E-state index is 11.7. The Morgan fingerprint density at radius 2 is 1.65 bits per heavy atom. The Morgan fingerprint density at radius 3 is 2.00 bits per heavy atom. The van der Waals surface area contributed by atoms with E-state index in [1.807, 2.05) is 20.8 Å². The zero-order valence-corrected chi connectivity index (χ0v) is 11.5. The Labute approximate surface area is 104 Å². The molecule has 17 heavy (non-hydrogen) atoms. The third kappa shape index (κ3) is 6.97. The van der Waals surface area contributed by atoms with Crippen LogP contribution in [0.15, 0.2) is 0 Å². The zero-order chi connectivity index (χ0) is 13.6. The molecule has 4 nitrogen and oxygen atoms in total. The van der Waals surface area contributed by atoms with Crippen molar-refractivity contribution in [2.75, 3.05) is 0 Å². The van der Waals surface area contributed by atoms with Gasteiger partial charge in [0, 0.05) is 6.42 Å². The lowest BCUT2D eigenvalue weighted by Crippen LogP contribution is -2.42. The van der Waals surface area contributed by atoms with Crippen molar-refractivity contribution in [2.24, 2.45) is 17.8 Å². The fraction of sp³-hybridized carbons (Fsp3) is 0.846. The Balaban J connectivity index is 4.26. The number of amides is 1. The molecule has 0 saturated heterocycles. The lowest BCUT2D eigenvalue weighted by molar-refractivity contribution is -0.142. The number of carboxylic acid groups (broad SMARTS) is 1. The molecule has 0 aromatic heterocycles. The van der Waals surface area contributed by atoms with E-state index in [-0.39, 0.29) is 17.7 Å². The number of carbonyl (C=O) groups is 2. The summed E-state index contributed by atoms with van der Waals surface area (Å²) in [4.78, 5) is 22.7. The summed E-state index contributed by atoms with van der Waals surface area (Å²) in [6.45, 7) is 10.0. The molecule has 0 fully saturated rings. The monoisotopic (exact) mass is 243 g/mol. The first-order valence-corrected chi connectivity index (χ1v) is 6.26. The predicted octanol–water partition coefficient (Wildman–Crippen LogP) is 2.28. The summed E-state index contributed by atoms with van der Waals surface area (Å²) in [5.74, 6) is -0.181. The molecule has 0 saturated carbocycles. The molecule has 0 spiro atoms. The van der Waals surface area contributed by atoms with E-state index >= 15 is 0 Å². The van der Waals surface area contributed by atoms with E-state index in [0.29, 0.717) is 18.8 Å². The van der Waals surface area contributed by atoms with Gasteiger partial charge in [-0.2, -0.15) is 0 Å². The smallest absolute Gasteiger partial charge is 0.326 e. The van der Waals surface area contributed by atoms with Gasteiger partial charge in [0.25, 0.3) is 0 Å². The molecule has 0 heterocycles. The topological polar surface area (TPSA) is 66.4 Å². The number of hydrogen-bond donors (Lipinski definition) is 2. The highest BCUT2D eigenvalue weighted by Gasteiger charge is 2.22. The summed E-state index contributed by atoms with van der Waals surface area (Å²) < 4.78 is 0. The summed E-state index contributed by atoms with van der Waals surface area (Å²) >= 11 is 0. The van der Waals surface area contributed by atoms with Crippen LogP contribution >= 0.6 is 0 Å². The van der Waals surface area contributed by atoms with Crippen LogP contribution in [0, 0.1) is 17.8 Å². The van der Waals surface area contributed by atoms with Gasteiger partial charge in [-0.25, -0.2) is 4.79 Å². The van der Waals surface area contributed by atoms with Crippen molar-refractivity contribution in [3.05, 3.63) is 0 Å². The van der Waals surface area contributed by atoms with Crippen molar-refractivity contribution in [2.45, 2.75) is 53.5 Å². The van der Waals surface area contributed by atoms with Gasteiger partial charge in [-0.05, 0) is 24.2 Å². The molecule has 100 valence electrons. The first-order chi connectivity index (χ1) is 7.73. The normalized spacial score (nSPS) is 14.8. The second kappa shape index (κ2) is 7.30. The average Bonchev–Trinajstić information content (AvgIpc) is 2.15. The van der Waals surface area contributed by atoms with Crippen LogP contribution in [0.5, 0.6) is 0 Å². The van der Waals surface area contributed by atoms with Crippen LogP contribution in [0.3, 0.4) is 0 Å². The third-order valence-corrected chi connectivity index (χ3v) is 2.99. The first kappa shape index (κ1) is 15.9. The van der Waals surface area contributed by atoms with E-state index in [4.69, 9.17) is 5.11 Å². The van der Waals surface area contributed by atoms with Crippen molar-refractivity contribution in [1.29, 1.82) is 0 Å². The SMILES string of the molecule is CC(C)CC(NC(=O)CC(C)C(C)C)C(=O)O. The molecule has 4 heteroatoms. The lowest BCUT2D eigenvalue weighted by atomic mass is 9.94. The molecule has 0 bridgehead atoms. The fourth-order valence-electron chi connectivity index (χ4n) is 1.47. The maximum absolute atomic E-state index is 11.7. The van der Waals surface area contributed by atoms with Gasteiger partial charge in [0.15, 0.2) is 0 Å². The number of aliphatic carboxylic acids is 1. The van der Waals surface area contributed by atoms with E-state index < -0.39 is 12.0 Å². The van der Waals surface area contributed by atoms with Crippen LogP contribution in [0.2, 0.25) is 0 Å². The van der Waals surface area contributed by atoms with Gasteiger partial charge in [-0.1, -0.05) is 34.6 Å². The minimum Gasteiger partial charge on any atom is -0.480 e. The van der Waals surface area contributed by atoms with Gasteiger partial charge < -0.3 is 10.4 Å². The largest absolute Gasteiger partial charge is 0.480 e. The Hall–Kier alpha value is -1.06. The van der Waals surface area contributed by atoms with Gasteiger partial charge in [0.05, 0.1) is 0 Å². The number of hydrogen-bond acceptors (Lipinski definition) is 2. The van der Waals surface area contributed by atoms with Crippen molar-refractivity contribution >= 4 is 11.9 Å². The number of nitrogens with one attached hydrogen (secondary N) is 1. The van der Waals surface area contributed by atoms with Crippen LogP contribution in [0.4, 0.5) is 0 Å². The predicted molar refractivity (Wildman–Crippen MR) is 67.6 cm³/mol. The van der Waals surface area contributed by atoms with Crippen LogP contribution in [-0.2, 0) is 9.59 Å². The minimum atomic E-state index is -0.954. The molecular formula is C13H25NO3. The summed E-state index contributed by atoms with van der Waals surface area (Å²) in [5.41, 5.74) is 0. The average molecular weight is 243 g/mol. The summed E-state index contributed by atoms with van der Waals surface area (Å²) in [5, 5.41) is 11.6. The Morgan fingerprint density at radius 1 is 1.12 bits per heavy atom. The molecule has 0 aromatic carbocycles. The molecule has 2 unspecified atom stereocenters.